The van der Waals surface area contributed by atoms with Crippen molar-refractivity contribution in [2.75, 3.05) is 6.61 Å². The van der Waals surface area contributed by atoms with Crippen LogP contribution >= 0.6 is 0 Å². The molecule has 19 heavy (non-hydrogen) atoms. The standard InChI is InChI=1S/C15H18F2O2/c1-2-19-15(8-4-3-5-9-15)14(18)12-7-6-11(16)10-13(12)17/h6-7,10H,2-5,8-9H2,1H3. The summed E-state index contributed by atoms with van der Waals surface area (Å²) in [6.07, 6.45) is 4.07. The molecule has 2 rings (SSSR count). The van der Waals surface area contributed by atoms with E-state index in [9.17, 15) is 13.6 Å². The Morgan fingerprint density at radius 1 is 1.26 bits per heavy atom. The number of ether oxygens (including phenoxy) is 1. The zero-order valence-electron chi connectivity index (χ0n) is 11.0. The Kier molecular flexibility index (Phi) is 4.30. The van der Waals surface area contributed by atoms with Crippen LogP contribution in [0, 0.1) is 11.6 Å². The van der Waals surface area contributed by atoms with Crippen LogP contribution in [0.4, 0.5) is 8.78 Å². The molecule has 0 heterocycles. The largest absolute Gasteiger partial charge is 0.367 e. The van der Waals surface area contributed by atoms with Crippen molar-refractivity contribution in [3.8, 4) is 0 Å². The normalized spacial score (nSPS) is 18.3. The van der Waals surface area contributed by atoms with E-state index in [0.29, 0.717) is 19.4 Å². The van der Waals surface area contributed by atoms with Crippen molar-refractivity contribution in [1.29, 1.82) is 0 Å². The van der Waals surface area contributed by atoms with Gasteiger partial charge in [-0.3, -0.25) is 4.79 Å². The Balaban J connectivity index is 2.33. The highest BCUT2D eigenvalue weighted by Crippen LogP contribution is 2.35. The number of carbonyl (C=O) groups is 1. The van der Waals surface area contributed by atoms with Crippen molar-refractivity contribution >= 4 is 5.78 Å². The third kappa shape index (κ3) is 2.84. The van der Waals surface area contributed by atoms with Crippen molar-refractivity contribution in [2.24, 2.45) is 0 Å². The maximum atomic E-state index is 13.7. The number of benzene rings is 1. The second kappa shape index (κ2) is 5.78. The van der Waals surface area contributed by atoms with E-state index in [4.69, 9.17) is 4.74 Å². The zero-order valence-corrected chi connectivity index (χ0v) is 11.0. The van der Waals surface area contributed by atoms with Crippen LogP contribution in [0.2, 0.25) is 0 Å². The minimum atomic E-state index is -0.925. The lowest BCUT2D eigenvalue weighted by Gasteiger charge is -2.35. The number of rotatable bonds is 4. The zero-order chi connectivity index (χ0) is 13.9. The lowest BCUT2D eigenvalue weighted by molar-refractivity contribution is -0.0413. The molecule has 0 spiro atoms. The number of Topliss-reactive ketones (excluding diaryl/α,β-unsaturated/α-hetero) is 1. The molecule has 2 nitrogen and oxygen atoms in total. The third-order valence-electron chi connectivity index (χ3n) is 3.67. The first-order chi connectivity index (χ1) is 9.09. The summed E-state index contributed by atoms with van der Waals surface area (Å²) in [5, 5.41) is 0. The Labute approximate surface area is 111 Å². The van der Waals surface area contributed by atoms with Crippen LogP contribution in [0.15, 0.2) is 18.2 Å². The van der Waals surface area contributed by atoms with Crippen LogP contribution < -0.4 is 0 Å². The van der Waals surface area contributed by atoms with Crippen molar-refractivity contribution in [1.82, 2.24) is 0 Å². The SMILES string of the molecule is CCOC1(C(=O)c2ccc(F)cc2F)CCCCC1. The number of halogens is 2. The molecular formula is C15H18F2O2. The van der Waals surface area contributed by atoms with Crippen molar-refractivity contribution in [3.05, 3.63) is 35.4 Å². The number of carbonyl (C=O) groups excluding carboxylic acids is 1. The van der Waals surface area contributed by atoms with Gasteiger partial charge in [-0.15, -0.1) is 0 Å². The average molecular weight is 268 g/mol. The fraction of sp³-hybridized carbons (Fsp3) is 0.533. The van der Waals surface area contributed by atoms with E-state index >= 15 is 0 Å². The van der Waals surface area contributed by atoms with Gasteiger partial charge in [0.05, 0.1) is 5.56 Å². The van der Waals surface area contributed by atoms with E-state index in [0.717, 1.165) is 31.4 Å². The number of hydrogen-bond donors (Lipinski definition) is 0. The van der Waals surface area contributed by atoms with Gasteiger partial charge in [-0.2, -0.15) is 0 Å². The van der Waals surface area contributed by atoms with Crippen LogP contribution in [0.3, 0.4) is 0 Å². The summed E-state index contributed by atoms with van der Waals surface area (Å²) in [4.78, 5) is 12.6. The summed E-state index contributed by atoms with van der Waals surface area (Å²) in [5.41, 5.74) is -0.997. The van der Waals surface area contributed by atoms with Gasteiger partial charge in [0.15, 0.2) is 5.78 Å². The lowest BCUT2D eigenvalue weighted by Crippen LogP contribution is -2.44. The molecule has 0 radical (unpaired) electrons. The van der Waals surface area contributed by atoms with Gasteiger partial charge in [0.2, 0.25) is 0 Å². The van der Waals surface area contributed by atoms with E-state index < -0.39 is 17.2 Å². The predicted octanol–water partition coefficient (Wildman–Crippen LogP) is 3.89. The predicted molar refractivity (Wildman–Crippen MR) is 68.1 cm³/mol. The summed E-state index contributed by atoms with van der Waals surface area (Å²) < 4.78 is 32.3. The number of ketones is 1. The summed E-state index contributed by atoms with van der Waals surface area (Å²) in [7, 11) is 0. The molecule has 1 aromatic rings. The molecule has 0 aliphatic heterocycles. The molecule has 1 aromatic carbocycles. The molecule has 104 valence electrons. The minimum Gasteiger partial charge on any atom is -0.367 e. The molecule has 0 amide bonds. The monoisotopic (exact) mass is 268 g/mol. The van der Waals surface area contributed by atoms with E-state index in [2.05, 4.69) is 0 Å². The van der Waals surface area contributed by atoms with Crippen LogP contribution in [-0.2, 0) is 4.74 Å². The quantitative estimate of drug-likeness (QED) is 0.774. The van der Waals surface area contributed by atoms with Crippen molar-refractivity contribution < 1.29 is 18.3 Å². The second-order valence-electron chi connectivity index (χ2n) is 4.94. The van der Waals surface area contributed by atoms with Crippen molar-refractivity contribution in [2.45, 2.75) is 44.6 Å². The van der Waals surface area contributed by atoms with Gasteiger partial charge in [-0.05, 0) is 31.9 Å². The summed E-state index contributed by atoms with van der Waals surface area (Å²) in [6, 6.07) is 3.07. The van der Waals surface area contributed by atoms with Gasteiger partial charge in [-0.25, -0.2) is 8.78 Å². The van der Waals surface area contributed by atoms with Gasteiger partial charge >= 0.3 is 0 Å². The van der Waals surface area contributed by atoms with Gasteiger partial charge in [0, 0.05) is 12.7 Å². The van der Waals surface area contributed by atoms with Crippen LogP contribution in [0.1, 0.15) is 49.4 Å². The maximum Gasteiger partial charge on any atom is 0.197 e. The highest BCUT2D eigenvalue weighted by molar-refractivity contribution is 6.02. The van der Waals surface area contributed by atoms with Gasteiger partial charge < -0.3 is 4.74 Å². The minimum absolute atomic E-state index is 0.0725. The molecule has 0 aromatic heterocycles. The van der Waals surface area contributed by atoms with Gasteiger partial charge in [0.1, 0.15) is 17.2 Å². The maximum absolute atomic E-state index is 13.7. The molecule has 0 unspecified atom stereocenters. The van der Waals surface area contributed by atoms with E-state index in [-0.39, 0.29) is 11.3 Å². The molecular weight excluding hydrogens is 250 g/mol. The fourth-order valence-electron chi connectivity index (χ4n) is 2.76. The summed E-state index contributed by atoms with van der Waals surface area (Å²) in [5.74, 6) is -1.84. The number of hydrogen-bond acceptors (Lipinski definition) is 2. The molecule has 0 N–H and O–H groups in total. The van der Waals surface area contributed by atoms with Crippen molar-refractivity contribution in [3.63, 3.8) is 0 Å². The molecule has 0 bridgehead atoms. The molecule has 1 aliphatic carbocycles. The first kappa shape index (κ1) is 14.1. The first-order valence-electron chi connectivity index (χ1n) is 6.73. The van der Waals surface area contributed by atoms with E-state index in [1.54, 1.807) is 0 Å². The van der Waals surface area contributed by atoms with E-state index in [1.165, 1.54) is 6.07 Å². The Morgan fingerprint density at radius 3 is 2.53 bits per heavy atom. The Hall–Kier alpha value is -1.29. The topological polar surface area (TPSA) is 26.3 Å². The summed E-state index contributed by atoms with van der Waals surface area (Å²) in [6.45, 7) is 2.24. The Morgan fingerprint density at radius 2 is 1.95 bits per heavy atom. The first-order valence-corrected chi connectivity index (χ1v) is 6.73. The fourth-order valence-corrected chi connectivity index (χ4v) is 2.76. The second-order valence-corrected chi connectivity index (χ2v) is 4.94. The molecule has 0 atom stereocenters. The van der Waals surface area contributed by atoms with Crippen LogP contribution in [0.25, 0.3) is 0 Å². The van der Waals surface area contributed by atoms with E-state index in [1.807, 2.05) is 6.92 Å². The highest BCUT2D eigenvalue weighted by atomic mass is 19.1. The molecule has 1 saturated carbocycles. The summed E-state index contributed by atoms with van der Waals surface area (Å²) >= 11 is 0. The molecule has 4 heteroatoms. The van der Waals surface area contributed by atoms with Crippen LogP contribution in [-0.4, -0.2) is 18.0 Å². The molecule has 1 aliphatic rings. The lowest BCUT2D eigenvalue weighted by atomic mass is 9.79. The molecule has 0 saturated heterocycles. The van der Waals surface area contributed by atoms with Gasteiger partial charge in [0.25, 0.3) is 0 Å². The smallest absolute Gasteiger partial charge is 0.197 e. The van der Waals surface area contributed by atoms with Gasteiger partial charge in [-0.1, -0.05) is 19.3 Å². The third-order valence-corrected chi connectivity index (χ3v) is 3.67. The molecule has 1 fully saturated rings. The average Bonchev–Trinajstić information content (AvgIpc) is 2.39. The van der Waals surface area contributed by atoms with Crippen LogP contribution in [0.5, 0.6) is 0 Å². The Bertz CT molecular complexity index is 460. The highest BCUT2D eigenvalue weighted by Gasteiger charge is 2.41.